The van der Waals surface area contributed by atoms with Crippen molar-refractivity contribution < 1.29 is 14.2 Å². The van der Waals surface area contributed by atoms with Gasteiger partial charge in [0.05, 0.1) is 0 Å². The highest BCUT2D eigenvalue weighted by molar-refractivity contribution is 6.30. The third-order valence-corrected chi connectivity index (χ3v) is 2.78. The molecular formula is C12H15ClO3. The van der Waals surface area contributed by atoms with Crippen molar-refractivity contribution in [1.29, 1.82) is 0 Å². The molecule has 0 N–H and O–H groups in total. The number of methoxy groups -OCH3 is 1. The molecule has 1 fully saturated rings. The van der Waals surface area contributed by atoms with Gasteiger partial charge in [-0.3, -0.25) is 0 Å². The summed E-state index contributed by atoms with van der Waals surface area (Å²) in [6.45, 7) is 0. The van der Waals surface area contributed by atoms with Crippen LogP contribution in [-0.4, -0.2) is 19.7 Å². The van der Waals surface area contributed by atoms with Crippen molar-refractivity contribution in [2.45, 2.75) is 31.8 Å². The van der Waals surface area contributed by atoms with E-state index in [0.717, 1.165) is 25.0 Å². The molecule has 0 aliphatic carbocycles. The molecule has 4 heteroatoms. The molecule has 3 nitrogen and oxygen atoms in total. The average Bonchev–Trinajstić information content (AvgIpc) is 2.32. The zero-order valence-corrected chi connectivity index (χ0v) is 9.94. The first-order valence-corrected chi connectivity index (χ1v) is 5.76. The summed E-state index contributed by atoms with van der Waals surface area (Å²) >= 11 is 5.79. The van der Waals surface area contributed by atoms with Crippen LogP contribution in [0.25, 0.3) is 0 Å². The van der Waals surface area contributed by atoms with Gasteiger partial charge in [0.15, 0.2) is 6.29 Å². The van der Waals surface area contributed by atoms with E-state index in [4.69, 9.17) is 25.8 Å². The van der Waals surface area contributed by atoms with E-state index in [9.17, 15) is 0 Å². The zero-order valence-electron chi connectivity index (χ0n) is 9.19. The molecule has 2 unspecified atom stereocenters. The Morgan fingerprint density at radius 2 is 1.88 bits per heavy atom. The molecule has 0 amide bonds. The third-order valence-electron chi connectivity index (χ3n) is 2.53. The topological polar surface area (TPSA) is 27.7 Å². The monoisotopic (exact) mass is 242 g/mol. The van der Waals surface area contributed by atoms with Crippen molar-refractivity contribution >= 4 is 11.6 Å². The van der Waals surface area contributed by atoms with E-state index in [0.29, 0.717) is 5.02 Å². The van der Waals surface area contributed by atoms with Gasteiger partial charge in [0, 0.05) is 18.6 Å². The van der Waals surface area contributed by atoms with Crippen molar-refractivity contribution in [2.24, 2.45) is 0 Å². The van der Waals surface area contributed by atoms with Gasteiger partial charge < -0.3 is 14.2 Å². The molecule has 0 radical (unpaired) electrons. The Morgan fingerprint density at radius 3 is 2.56 bits per heavy atom. The Labute approximate surface area is 100 Å². The number of ether oxygens (including phenoxy) is 3. The molecule has 1 aromatic rings. The fraction of sp³-hybridized carbons (Fsp3) is 0.500. The van der Waals surface area contributed by atoms with Crippen molar-refractivity contribution in [3.8, 4) is 5.75 Å². The molecule has 88 valence electrons. The first kappa shape index (κ1) is 11.7. The van der Waals surface area contributed by atoms with Gasteiger partial charge in [-0.05, 0) is 37.1 Å². The normalized spacial score (nSPS) is 25.4. The summed E-state index contributed by atoms with van der Waals surface area (Å²) in [5.74, 6) is 0.770. The van der Waals surface area contributed by atoms with Gasteiger partial charge >= 0.3 is 0 Å². The van der Waals surface area contributed by atoms with Gasteiger partial charge in [0.2, 0.25) is 6.29 Å². The lowest BCUT2D eigenvalue weighted by Gasteiger charge is -2.29. The van der Waals surface area contributed by atoms with E-state index < -0.39 is 0 Å². The van der Waals surface area contributed by atoms with Crippen molar-refractivity contribution in [3.05, 3.63) is 29.3 Å². The van der Waals surface area contributed by atoms with Crippen LogP contribution in [0.1, 0.15) is 19.3 Å². The SMILES string of the molecule is COC1CCCC(Oc2ccc(Cl)cc2)O1. The minimum absolute atomic E-state index is 0.147. The van der Waals surface area contributed by atoms with E-state index in [-0.39, 0.29) is 12.6 Å². The summed E-state index contributed by atoms with van der Waals surface area (Å²) in [4.78, 5) is 0. The quantitative estimate of drug-likeness (QED) is 0.815. The predicted molar refractivity (Wildman–Crippen MR) is 61.6 cm³/mol. The van der Waals surface area contributed by atoms with Crippen LogP contribution in [0.15, 0.2) is 24.3 Å². The highest BCUT2D eigenvalue weighted by Crippen LogP contribution is 2.23. The fourth-order valence-corrected chi connectivity index (χ4v) is 1.81. The molecule has 0 aromatic heterocycles. The molecule has 2 atom stereocenters. The minimum Gasteiger partial charge on any atom is -0.465 e. The molecule has 1 aliphatic rings. The molecule has 1 aliphatic heterocycles. The first-order valence-electron chi connectivity index (χ1n) is 5.38. The number of hydrogen-bond donors (Lipinski definition) is 0. The maximum Gasteiger partial charge on any atom is 0.202 e. The lowest BCUT2D eigenvalue weighted by Crippen LogP contribution is -2.32. The number of hydrogen-bond acceptors (Lipinski definition) is 3. The van der Waals surface area contributed by atoms with Gasteiger partial charge in [-0.15, -0.1) is 0 Å². The van der Waals surface area contributed by atoms with Gasteiger partial charge in [0.25, 0.3) is 0 Å². The number of halogens is 1. The molecule has 2 rings (SSSR count). The van der Waals surface area contributed by atoms with Crippen LogP contribution in [0.5, 0.6) is 5.75 Å². The molecule has 0 bridgehead atoms. The second-order valence-electron chi connectivity index (χ2n) is 3.73. The first-order chi connectivity index (χ1) is 7.78. The van der Waals surface area contributed by atoms with Gasteiger partial charge in [-0.25, -0.2) is 0 Å². The highest BCUT2D eigenvalue weighted by Gasteiger charge is 2.23. The second-order valence-corrected chi connectivity index (χ2v) is 4.17. The summed E-state index contributed by atoms with van der Waals surface area (Å²) in [6.07, 6.45) is 2.50. The second kappa shape index (κ2) is 5.53. The molecule has 1 heterocycles. The zero-order chi connectivity index (χ0) is 11.4. The lowest BCUT2D eigenvalue weighted by atomic mass is 10.2. The van der Waals surface area contributed by atoms with Crippen LogP contribution in [0.3, 0.4) is 0 Å². The van der Waals surface area contributed by atoms with Gasteiger partial charge in [-0.1, -0.05) is 11.6 Å². The van der Waals surface area contributed by atoms with E-state index in [1.807, 2.05) is 12.1 Å². The molecule has 16 heavy (non-hydrogen) atoms. The molecule has 0 spiro atoms. The Kier molecular flexibility index (Phi) is 4.04. The Balaban J connectivity index is 1.91. The Morgan fingerprint density at radius 1 is 1.19 bits per heavy atom. The van der Waals surface area contributed by atoms with Gasteiger partial charge in [0.1, 0.15) is 5.75 Å². The van der Waals surface area contributed by atoms with Crippen LogP contribution < -0.4 is 4.74 Å². The van der Waals surface area contributed by atoms with E-state index in [1.54, 1.807) is 19.2 Å². The number of rotatable bonds is 3. The van der Waals surface area contributed by atoms with Crippen LogP contribution in [0, 0.1) is 0 Å². The number of benzene rings is 1. The molecular weight excluding hydrogens is 228 g/mol. The summed E-state index contributed by atoms with van der Waals surface area (Å²) in [5.41, 5.74) is 0. The Hall–Kier alpha value is -0.770. The molecule has 1 saturated heterocycles. The summed E-state index contributed by atoms with van der Waals surface area (Å²) < 4.78 is 16.4. The van der Waals surface area contributed by atoms with E-state index >= 15 is 0 Å². The predicted octanol–water partition coefficient (Wildman–Crippen LogP) is 3.22. The molecule has 0 saturated carbocycles. The summed E-state index contributed by atoms with van der Waals surface area (Å²) in [7, 11) is 1.65. The van der Waals surface area contributed by atoms with Crippen LogP contribution in [0.4, 0.5) is 0 Å². The van der Waals surface area contributed by atoms with Crippen molar-refractivity contribution in [3.63, 3.8) is 0 Å². The average molecular weight is 243 g/mol. The van der Waals surface area contributed by atoms with Crippen LogP contribution >= 0.6 is 11.6 Å². The third kappa shape index (κ3) is 3.11. The Bertz CT molecular complexity index is 326. The smallest absolute Gasteiger partial charge is 0.202 e. The van der Waals surface area contributed by atoms with Crippen molar-refractivity contribution in [2.75, 3.05) is 7.11 Å². The van der Waals surface area contributed by atoms with Crippen LogP contribution in [0.2, 0.25) is 5.02 Å². The maximum atomic E-state index is 5.79. The van der Waals surface area contributed by atoms with E-state index in [1.165, 1.54) is 0 Å². The maximum absolute atomic E-state index is 5.79. The summed E-state index contributed by atoms with van der Waals surface area (Å²) in [5, 5.41) is 0.701. The lowest BCUT2D eigenvalue weighted by molar-refractivity contribution is -0.232. The largest absolute Gasteiger partial charge is 0.465 e. The highest BCUT2D eigenvalue weighted by atomic mass is 35.5. The van der Waals surface area contributed by atoms with Crippen LogP contribution in [-0.2, 0) is 9.47 Å². The fourth-order valence-electron chi connectivity index (χ4n) is 1.68. The van der Waals surface area contributed by atoms with E-state index in [2.05, 4.69) is 0 Å². The van der Waals surface area contributed by atoms with Gasteiger partial charge in [-0.2, -0.15) is 0 Å². The molecule has 1 aromatic carbocycles. The minimum atomic E-state index is -0.222. The standard InChI is InChI=1S/C12H15ClO3/c1-14-11-3-2-4-12(16-11)15-10-7-5-9(13)6-8-10/h5-8,11-12H,2-4H2,1H3. The summed E-state index contributed by atoms with van der Waals surface area (Å²) in [6, 6.07) is 7.27. The van der Waals surface area contributed by atoms with Crippen molar-refractivity contribution in [1.82, 2.24) is 0 Å².